The highest BCUT2D eigenvalue weighted by Crippen LogP contribution is 2.37. The highest BCUT2D eigenvalue weighted by Gasteiger charge is 2.49. The second-order valence-corrected chi connectivity index (χ2v) is 7.41. The molecule has 1 aliphatic rings. The van der Waals surface area contributed by atoms with E-state index < -0.39 is 17.5 Å². The normalized spacial score (nSPS) is 22.5. The summed E-state index contributed by atoms with van der Waals surface area (Å²) in [6, 6.07) is 9.46. The number of hydrogen-bond acceptors (Lipinski definition) is 6. The molecule has 0 aliphatic carbocycles. The fourth-order valence-corrected chi connectivity index (χ4v) is 3.68. The number of piperidine rings is 1. The van der Waals surface area contributed by atoms with Gasteiger partial charge in [0.2, 0.25) is 5.95 Å². The Kier molecular flexibility index (Phi) is 5.32. The van der Waals surface area contributed by atoms with Crippen molar-refractivity contribution in [1.82, 2.24) is 9.97 Å². The Bertz CT molecular complexity index is 812. The number of nitrogens with zero attached hydrogens (tertiary/aromatic N) is 4. The summed E-state index contributed by atoms with van der Waals surface area (Å²) in [7, 11) is 3.83. The molecule has 144 valence electrons. The lowest BCUT2D eigenvalue weighted by molar-refractivity contribution is -0.158. The molecule has 7 heteroatoms. The van der Waals surface area contributed by atoms with Crippen LogP contribution >= 0.6 is 0 Å². The summed E-state index contributed by atoms with van der Waals surface area (Å²) < 4.78 is 0. The molecule has 0 amide bonds. The van der Waals surface area contributed by atoms with E-state index in [0.717, 1.165) is 16.9 Å². The first-order chi connectivity index (χ1) is 12.8. The summed E-state index contributed by atoms with van der Waals surface area (Å²) in [4.78, 5) is 24.9. The number of aryl methyl sites for hydroxylation is 1. The van der Waals surface area contributed by atoms with E-state index in [1.54, 1.807) is 6.20 Å². The molecule has 0 spiro atoms. The van der Waals surface area contributed by atoms with Gasteiger partial charge in [-0.2, -0.15) is 4.98 Å². The fourth-order valence-electron chi connectivity index (χ4n) is 3.68. The summed E-state index contributed by atoms with van der Waals surface area (Å²) >= 11 is 0. The van der Waals surface area contributed by atoms with Crippen LogP contribution in [0.3, 0.4) is 0 Å². The van der Waals surface area contributed by atoms with E-state index in [9.17, 15) is 15.0 Å². The van der Waals surface area contributed by atoms with Crippen molar-refractivity contribution in [3.05, 3.63) is 47.7 Å². The smallest absolute Gasteiger partial charge is 0.312 e. The maximum atomic E-state index is 12.1. The monoisotopic (exact) mass is 370 g/mol. The zero-order valence-corrected chi connectivity index (χ0v) is 16.0. The summed E-state index contributed by atoms with van der Waals surface area (Å²) in [6.45, 7) is 2.61. The molecule has 0 bridgehead atoms. The van der Waals surface area contributed by atoms with E-state index in [0.29, 0.717) is 25.3 Å². The lowest BCUT2D eigenvalue weighted by atomic mass is 9.72. The van der Waals surface area contributed by atoms with Gasteiger partial charge in [-0.25, -0.2) is 4.98 Å². The number of benzene rings is 1. The summed E-state index contributed by atoms with van der Waals surface area (Å²) in [5.41, 5.74) is 0.673. The van der Waals surface area contributed by atoms with Crippen molar-refractivity contribution in [2.75, 3.05) is 37.0 Å². The number of carboxylic acid groups (broad SMARTS) is 1. The molecule has 1 aromatic carbocycles. The van der Waals surface area contributed by atoms with Crippen LogP contribution in [0, 0.1) is 12.3 Å². The summed E-state index contributed by atoms with van der Waals surface area (Å²) in [5.74, 6) is 0.369. The highest BCUT2D eigenvalue weighted by molar-refractivity contribution is 5.76. The minimum absolute atomic E-state index is 0.190. The number of carbonyl (C=O) groups is 1. The van der Waals surface area contributed by atoms with Crippen LogP contribution in [0.1, 0.15) is 17.5 Å². The van der Waals surface area contributed by atoms with Gasteiger partial charge < -0.3 is 20.0 Å². The average Bonchev–Trinajstić information content (AvgIpc) is 2.64. The zero-order valence-electron chi connectivity index (χ0n) is 16.0. The number of aromatic nitrogens is 2. The number of aliphatic carboxylic acids is 1. The Balaban J connectivity index is 1.83. The van der Waals surface area contributed by atoms with E-state index in [-0.39, 0.29) is 6.54 Å². The van der Waals surface area contributed by atoms with Gasteiger partial charge >= 0.3 is 5.97 Å². The lowest BCUT2D eigenvalue weighted by Crippen LogP contribution is -2.56. The van der Waals surface area contributed by atoms with Gasteiger partial charge in [-0.1, -0.05) is 30.3 Å². The van der Waals surface area contributed by atoms with Crippen molar-refractivity contribution in [2.24, 2.45) is 5.41 Å². The highest BCUT2D eigenvalue weighted by atomic mass is 16.4. The van der Waals surface area contributed by atoms with Crippen molar-refractivity contribution in [1.29, 1.82) is 0 Å². The Labute approximate surface area is 159 Å². The third kappa shape index (κ3) is 3.73. The van der Waals surface area contributed by atoms with Crippen molar-refractivity contribution < 1.29 is 15.0 Å². The van der Waals surface area contributed by atoms with Gasteiger partial charge in [0.25, 0.3) is 0 Å². The van der Waals surface area contributed by atoms with Gasteiger partial charge in [0.1, 0.15) is 11.2 Å². The molecular formula is C20H26N4O3. The molecule has 2 aromatic rings. The van der Waals surface area contributed by atoms with Crippen LogP contribution in [0.4, 0.5) is 11.8 Å². The number of aliphatic hydroxyl groups is 1. The number of aliphatic hydroxyl groups excluding tert-OH is 1. The number of anilines is 2. The Morgan fingerprint density at radius 3 is 2.63 bits per heavy atom. The topological polar surface area (TPSA) is 89.8 Å². The molecule has 1 aromatic heterocycles. The average molecular weight is 370 g/mol. The fraction of sp³-hybridized carbons (Fsp3) is 0.450. The van der Waals surface area contributed by atoms with E-state index in [2.05, 4.69) is 9.97 Å². The first kappa shape index (κ1) is 19.1. The zero-order chi connectivity index (χ0) is 19.6. The van der Waals surface area contributed by atoms with E-state index >= 15 is 0 Å². The molecule has 0 unspecified atom stereocenters. The number of rotatable bonds is 5. The molecular weight excluding hydrogens is 344 g/mol. The molecule has 27 heavy (non-hydrogen) atoms. The van der Waals surface area contributed by atoms with Gasteiger partial charge in [0, 0.05) is 38.9 Å². The molecule has 1 saturated heterocycles. The lowest BCUT2D eigenvalue weighted by Gasteiger charge is -2.43. The quantitative estimate of drug-likeness (QED) is 0.828. The third-order valence-electron chi connectivity index (χ3n) is 5.29. The minimum Gasteiger partial charge on any atom is -0.481 e. The predicted molar refractivity (Wildman–Crippen MR) is 104 cm³/mol. The summed E-state index contributed by atoms with van der Waals surface area (Å²) in [5, 5.41) is 20.7. The van der Waals surface area contributed by atoms with E-state index in [1.165, 1.54) is 0 Å². The molecule has 2 atom stereocenters. The van der Waals surface area contributed by atoms with Gasteiger partial charge in [0.15, 0.2) is 0 Å². The van der Waals surface area contributed by atoms with Gasteiger partial charge in [-0.15, -0.1) is 0 Å². The van der Waals surface area contributed by atoms with Crippen LogP contribution in [0.15, 0.2) is 36.5 Å². The third-order valence-corrected chi connectivity index (χ3v) is 5.29. The van der Waals surface area contributed by atoms with Crippen molar-refractivity contribution >= 4 is 17.7 Å². The molecule has 1 aliphatic heterocycles. The van der Waals surface area contributed by atoms with Crippen LogP contribution in [-0.4, -0.2) is 59.4 Å². The van der Waals surface area contributed by atoms with Gasteiger partial charge in [-0.3, -0.25) is 4.79 Å². The first-order valence-electron chi connectivity index (χ1n) is 9.05. The maximum absolute atomic E-state index is 12.1. The predicted octanol–water partition coefficient (Wildman–Crippen LogP) is 1.74. The van der Waals surface area contributed by atoms with Crippen LogP contribution in [-0.2, 0) is 11.2 Å². The Hall–Kier alpha value is -2.67. The molecule has 1 fully saturated rings. The SMILES string of the molecule is Cc1cnc(N2CC[C@](Cc3ccccc3)(C(=O)O)[C@H](O)C2)nc1N(C)C. The second-order valence-electron chi connectivity index (χ2n) is 7.41. The van der Waals surface area contributed by atoms with Gasteiger partial charge in [0.05, 0.1) is 6.10 Å². The van der Waals surface area contributed by atoms with Crippen LogP contribution in [0.2, 0.25) is 0 Å². The Morgan fingerprint density at radius 1 is 1.33 bits per heavy atom. The van der Waals surface area contributed by atoms with E-state index in [4.69, 9.17) is 0 Å². The number of carboxylic acids is 1. The largest absolute Gasteiger partial charge is 0.481 e. The number of β-amino-alcohol motifs (C(OH)–C–C–N with tert-alkyl or cyclic N) is 1. The molecule has 0 saturated carbocycles. The maximum Gasteiger partial charge on any atom is 0.312 e. The van der Waals surface area contributed by atoms with Crippen LogP contribution in [0.25, 0.3) is 0 Å². The molecule has 2 N–H and O–H groups in total. The van der Waals surface area contributed by atoms with Gasteiger partial charge in [-0.05, 0) is 25.3 Å². The first-order valence-corrected chi connectivity index (χ1v) is 9.05. The Morgan fingerprint density at radius 2 is 2.04 bits per heavy atom. The summed E-state index contributed by atoms with van der Waals surface area (Å²) in [6.07, 6.45) is 1.37. The van der Waals surface area contributed by atoms with Crippen molar-refractivity contribution in [3.63, 3.8) is 0 Å². The van der Waals surface area contributed by atoms with E-state index in [1.807, 2.05) is 61.2 Å². The standard InChI is InChI=1S/C20H26N4O3/c1-14-12-21-19(22-17(14)23(2)3)24-10-9-20(18(26)27,16(25)13-24)11-15-7-5-4-6-8-15/h4-8,12,16,25H,9-11,13H2,1-3H3,(H,26,27)/t16-,20-/m1/s1. The molecule has 2 heterocycles. The van der Waals surface area contributed by atoms with Crippen LogP contribution < -0.4 is 9.80 Å². The number of hydrogen-bond donors (Lipinski definition) is 2. The van der Waals surface area contributed by atoms with Crippen molar-refractivity contribution in [2.45, 2.75) is 25.9 Å². The molecule has 7 nitrogen and oxygen atoms in total. The van der Waals surface area contributed by atoms with Crippen molar-refractivity contribution in [3.8, 4) is 0 Å². The minimum atomic E-state index is -1.20. The van der Waals surface area contributed by atoms with Crippen LogP contribution in [0.5, 0.6) is 0 Å². The second kappa shape index (κ2) is 7.52. The molecule has 0 radical (unpaired) electrons. The molecule has 3 rings (SSSR count).